The molecule has 0 radical (unpaired) electrons. The predicted molar refractivity (Wildman–Crippen MR) is 112 cm³/mol. The number of hydrogen-bond donors (Lipinski definition) is 1. The normalized spacial score (nSPS) is 21.4. The van der Waals surface area contributed by atoms with Gasteiger partial charge in [-0.05, 0) is 29.7 Å². The lowest BCUT2D eigenvalue weighted by Crippen LogP contribution is -2.50. The fourth-order valence-corrected chi connectivity index (χ4v) is 4.79. The van der Waals surface area contributed by atoms with Crippen molar-refractivity contribution < 1.29 is 30.8 Å². The van der Waals surface area contributed by atoms with E-state index in [1.807, 2.05) is 0 Å². The van der Waals surface area contributed by atoms with Gasteiger partial charge < -0.3 is 4.90 Å². The minimum atomic E-state index is -3.81. The van der Waals surface area contributed by atoms with Gasteiger partial charge in [0.1, 0.15) is 23.6 Å². The van der Waals surface area contributed by atoms with Crippen molar-refractivity contribution in [1.29, 1.82) is 0 Å². The van der Waals surface area contributed by atoms with Gasteiger partial charge in [0, 0.05) is 17.5 Å². The Balaban J connectivity index is 2.02. The molecule has 10 heteroatoms. The van der Waals surface area contributed by atoms with Crippen LogP contribution in [0.5, 0.6) is 0 Å². The molecule has 0 unspecified atom stereocenters. The molecule has 0 bridgehead atoms. The van der Waals surface area contributed by atoms with Crippen LogP contribution in [-0.4, -0.2) is 50.3 Å². The van der Waals surface area contributed by atoms with Crippen LogP contribution in [0.4, 0.5) is 17.6 Å². The first-order chi connectivity index (χ1) is 14.9. The van der Waals surface area contributed by atoms with Crippen molar-refractivity contribution in [2.45, 2.75) is 38.5 Å². The summed E-state index contributed by atoms with van der Waals surface area (Å²) in [5.74, 6) is -3.39. The topological polar surface area (TPSA) is 66.5 Å². The zero-order valence-corrected chi connectivity index (χ0v) is 18.6. The Bertz CT molecular complexity index is 1100. The summed E-state index contributed by atoms with van der Waals surface area (Å²) in [5, 5.41) is 0. The number of nitrogens with zero attached hydrogens (tertiary/aromatic N) is 1. The third-order valence-corrected chi connectivity index (χ3v) is 6.08. The minimum absolute atomic E-state index is 0.0161. The molecular weight excluding hydrogens is 448 g/mol. The number of benzene rings is 2. The van der Waals surface area contributed by atoms with E-state index in [2.05, 4.69) is 4.72 Å². The maximum Gasteiger partial charge on any atom is 0.225 e. The molecule has 1 aliphatic rings. The van der Waals surface area contributed by atoms with Crippen molar-refractivity contribution in [3.05, 3.63) is 59.4 Å². The molecule has 0 saturated carbocycles. The van der Waals surface area contributed by atoms with Crippen LogP contribution in [0.1, 0.15) is 19.4 Å². The average molecular weight is 473 g/mol. The van der Waals surface area contributed by atoms with Gasteiger partial charge >= 0.3 is 0 Å². The molecule has 0 spiro atoms. The number of rotatable bonds is 6. The van der Waals surface area contributed by atoms with Gasteiger partial charge in [0.25, 0.3) is 0 Å². The molecule has 0 aliphatic carbocycles. The fourth-order valence-electron chi connectivity index (χ4n) is 3.99. The first-order valence-electron chi connectivity index (χ1n) is 10.0. The number of hydrogen-bond acceptors (Lipinski definition) is 3. The molecule has 1 heterocycles. The van der Waals surface area contributed by atoms with Gasteiger partial charge in [-0.1, -0.05) is 32.0 Å². The molecule has 1 N–H and O–H groups in total. The lowest BCUT2D eigenvalue weighted by molar-refractivity contribution is -0.135. The van der Waals surface area contributed by atoms with Gasteiger partial charge in [0.2, 0.25) is 15.9 Å². The summed E-state index contributed by atoms with van der Waals surface area (Å²) in [7, 11) is -3.81. The largest absolute Gasteiger partial charge is 0.334 e. The molecule has 1 amide bonds. The number of halogens is 4. The second kappa shape index (κ2) is 9.19. The number of sulfonamides is 1. The van der Waals surface area contributed by atoms with E-state index >= 15 is 4.39 Å². The van der Waals surface area contributed by atoms with Gasteiger partial charge in [0.15, 0.2) is 0 Å². The van der Waals surface area contributed by atoms with Crippen molar-refractivity contribution >= 4 is 15.9 Å². The molecule has 32 heavy (non-hydrogen) atoms. The lowest BCUT2D eigenvalue weighted by Gasteiger charge is -2.29. The van der Waals surface area contributed by atoms with Crippen LogP contribution in [0.15, 0.2) is 36.4 Å². The Morgan fingerprint density at radius 2 is 1.78 bits per heavy atom. The van der Waals surface area contributed by atoms with Crippen LogP contribution < -0.4 is 4.72 Å². The summed E-state index contributed by atoms with van der Waals surface area (Å²) < 4.78 is 83.2. The zero-order chi connectivity index (χ0) is 23.8. The smallest absolute Gasteiger partial charge is 0.225 e. The summed E-state index contributed by atoms with van der Waals surface area (Å²) >= 11 is 0. The van der Waals surface area contributed by atoms with E-state index in [1.165, 1.54) is 23.1 Å². The van der Waals surface area contributed by atoms with Crippen LogP contribution in [0.2, 0.25) is 0 Å². The second-order valence-electron chi connectivity index (χ2n) is 8.29. The molecule has 0 aromatic heterocycles. The van der Waals surface area contributed by atoms with Gasteiger partial charge in [-0.3, -0.25) is 4.79 Å². The third-order valence-electron chi connectivity index (χ3n) is 5.38. The highest BCUT2D eigenvalue weighted by Crippen LogP contribution is 2.31. The molecule has 2 aromatic rings. The highest BCUT2D eigenvalue weighted by Gasteiger charge is 2.46. The molecule has 3 rings (SSSR count). The first-order valence-corrected chi connectivity index (χ1v) is 11.9. The maximum atomic E-state index is 15.3. The van der Waals surface area contributed by atoms with Crippen LogP contribution in [-0.2, 0) is 21.2 Å². The van der Waals surface area contributed by atoms with Crippen LogP contribution >= 0.6 is 0 Å². The zero-order valence-electron chi connectivity index (χ0n) is 17.8. The lowest BCUT2D eigenvalue weighted by atomic mass is 9.95. The number of carbonyl (C=O) groups is 1. The van der Waals surface area contributed by atoms with E-state index in [1.54, 1.807) is 13.8 Å². The van der Waals surface area contributed by atoms with E-state index in [0.717, 1.165) is 18.4 Å². The van der Waals surface area contributed by atoms with E-state index in [4.69, 9.17) is 0 Å². The Morgan fingerprint density at radius 1 is 1.16 bits per heavy atom. The third kappa shape index (κ3) is 5.29. The molecule has 2 aromatic carbocycles. The number of alkyl halides is 1. The number of carbonyl (C=O) groups excluding carboxylic acids is 1. The Labute approximate surface area is 184 Å². The molecule has 1 aliphatic heterocycles. The molecular formula is C22H24F4N2O3S. The molecule has 5 nitrogen and oxygen atoms in total. The Morgan fingerprint density at radius 3 is 2.34 bits per heavy atom. The number of amides is 1. The highest BCUT2D eigenvalue weighted by molar-refractivity contribution is 7.88. The summed E-state index contributed by atoms with van der Waals surface area (Å²) in [6.07, 6.45) is -0.992. The second-order valence-corrected chi connectivity index (χ2v) is 10.1. The Hall–Kier alpha value is -2.46. The summed E-state index contributed by atoms with van der Waals surface area (Å²) in [5.41, 5.74) is -0.0178. The van der Waals surface area contributed by atoms with Gasteiger partial charge in [-0.2, -0.15) is 0 Å². The van der Waals surface area contributed by atoms with E-state index in [9.17, 15) is 26.4 Å². The standard InChI is InChI=1S/C22H24F4N2O3S/c1-12(2)22(29)28-11-18(25)21(27-32(3,30)31)19(28)9-13-5-4-6-17(20(13)26)14-7-15(23)10-16(24)8-14/h4-8,10,12,18-19,21,27H,9,11H2,1-3H3/t18-,19-,21-/m0/s1. The summed E-state index contributed by atoms with van der Waals surface area (Å²) in [4.78, 5) is 13.9. The molecule has 3 atom stereocenters. The van der Waals surface area contributed by atoms with Crippen LogP contribution in [0.3, 0.4) is 0 Å². The first kappa shape index (κ1) is 24.2. The van der Waals surface area contributed by atoms with Crippen molar-refractivity contribution in [2.75, 3.05) is 12.8 Å². The fraction of sp³-hybridized carbons (Fsp3) is 0.409. The monoisotopic (exact) mass is 472 g/mol. The van der Waals surface area contributed by atoms with Crippen molar-refractivity contribution in [1.82, 2.24) is 9.62 Å². The summed E-state index contributed by atoms with van der Waals surface area (Å²) in [6, 6.07) is 4.64. The van der Waals surface area contributed by atoms with Crippen molar-refractivity contribution in [2.24, 2.45) is 5.92 Å². The highest BCUT2D eigenvalue weighted by atomic mass is 32.2. The maximum absolute atomic E-state index is 15.3. The summed E-state index contributed by atoms with van der Waals surface area (Å²) in [6.45, 7) is 2.93. The van der Waals surface area contributed by atoms with Crippen molar-refractivity contribution in [3.63, 3.8) is 0 Å². The molecule has 1 fully saturated rings. The quantitative estimate of drug-likeness (QED) is 0.655. The van der Waals surface area contributed by atoms with Gasteiger partial charge in [-0.25, -0.2) is 30.7 Å². The SMILES string of the molecule is CC(C)C(=O)N1C[C@H](F)[C@H](NS(C)(=O)=O)[C@@H]1Cc1cccc(-c2cc(F)cc(F)c2)c1F. The van der Waals surface area contributed by atoms with Gasteiger partial charge in [0.05, 0.1) is 24.9 Å². The van der Waals surface area contributed by atoms with Crippen LogP contribution in [0.25, 0.3) is 11.1 Å². The van der Waals surface area contributed by atoms with E-state index in [-0.39, 0.29) is 35.6 Å². The van der Waals surface area contributed by atoms with E-state index in [0.29, 0.717) is 6.07 Å². The van der Waals surface area contributed by atoms with Gasteiger partial charge in [-0.15, -0.1) is 0 Å². The predicted octanol–water partition coefficient (Wildman–Crippen LogP) is 3.44. The van der Waals surface area contributed by atoms with E-state index < -0.39 is 51.6 Å². The molecule has 1 saturated heterocycles. The molecule has 174 valence electrons. The van der Waals surface area contributed by atoms with Crippen molar-refractivity contribution in [3.8, 4) is 11.1 Å². The number of likely N-dealkylation sites (tertiary alicyclic amines) is 1. The Kier molecular flexibility index (Phi) is 6.94. The average Bonchev–Trinajstić information content (AvgIpc) is 2.96. The number of nitrogens with one attached hydrogen (secondary N) is 1. The van der Waals surface area contributed by atoms with Crippen LogP contribution in [0, 0.1) is 23.4 Å². The minimum Gasteiger partial charge on any atom is -0.334 e.